The van der Waals surface area contributed by atoms with Gasteiger partial charge in [-0.15, -0.1) is 0 Å². The van der Waals surface area contributed by atoms with E-state index in [1.165, 1.54) is 13.2 Å². The van der Waals surface area contributed by atoms with Crippen LogP contribution in [-0.2, 0) is 9.31 Å². The second-order valence-corrected chi connectivity index (χ2v) is 6.45. The first kappa shape index (κ1) is 14.8. The van der Waals surface area contributed by atoms with Gasteiger partial charge in [-0.25, -0.2) is 4.39 Å². The van der Waals surface area contributed by atoms with Crippen molar-refractivity contribution >= 4 is 28.5 Å². The maximum absolute atomic E-state index is 14.1. The van der Waals surface area contributed by atoms with Gasteiger partial charge < -0.3 is 14.0 Å². The Kier molecular flexibility index (Phi) is 3.71. The van der Waals surface area contributed by atoms with Gasteiger partial charge in [0.2, 0.25) is 0 Å². The Morgan fingerprint density at radius 2 is 1.68 bits per heavy atom. The van der Waals surface area contributed by atoms with Crippen molar-refractivity contribution in [3.8, 4) is 5.75 Å². The van der Waals surface area contributed by atoms with E-state index in [4.69, 9.17) is 14.0 Å². The first-order valence-electron chi connectivity index (χ1n) is 6.06. The van der Waals surface area contributed by atoms with Crippen molar-refractivity contribution in [3.05, 3.63) is 22.4 Å². The van der Waals surface area contributed by atoms with Crippen molar-refractivity contribution < 1.29 is 18.4 Å². The van der Waals surface area contributed by atoms with Crippen molar-refractivity contribution in [2.75, 3.05) is 7.11 Å². The summed E-state index contributed by atoms with van der Waals surface area (Å²) in [6.07, 6.45) is 0. The van der Waals surface area contributed by atoms with Gasteiger partial charge in [0.25, 0.3) is 0 Å². The second-order valence-electron chi connectivity index (χ2n) is 5.60. The van der Waals surface area contributed by atoms with E-state index in [0.717, 1.165) is 0 Å². The van der Waals surface area contributed by atoms with Gasteiger partial charge in [0, 0.05) is 5.46 Å². The maximum Gasteiger partial charge on any atom is 0.497 e. The van der Waals surface area contributed by atoms with Crippen LogP contribution in [0.2, 0.25) is 0 Å². The molecule has 19 heavy (non-hydrogen) atoms. The zero-order valence-corrected chi connectivity index (χ0v) is 13.3. The van der Waals surface area contributed by atoms with Gasteiger partial charge in [0.1, 0.15) is 11.6 Å². The van der Waals surface area contributed by atoms with Crippen LogP contribution in [0, 0.1) is 5.82 Å². The lowest BCUT2D eigenvalue weighted by molar-refractivity contribution is 0.00578. The number of rotatable bonds is 2. The van der Waals surface area contributed by atoms with Gasteiger partial charge in [-0.2, -0.15) is 0 Å². The molecule has 1 aromatic carbocycles. The van der Waals surface area contributed by atoms with Crippen molar-refractivity contribution in [2.45, 2.75) is 38.9 Å². The second kappa shape index (κ2) is 4.75. The number of halogens is 2. The van der Waals surface area contributed by atoms with Crippen molar-refractivity contribution in [2.24, 2.45) is 0 Å². The minimum atomic E-state index is -0.730. The topological polar surface area (TPSA) is 27.7 Å². The summed E-state index contributed by atoms with van der Waals surface area (Å²) in [6.45, 7) is 7.73. The smallest absolute Gasteiger partial charge is 0.496 e. The molecule has 0 spiro atoms. The molecule has 0 aliphatic carbocycles. The third-order valence-electron chi connectivity index (χ3n) is 3.78. The molecule has 104 valence electrons. The summed E-state index contributed by atoms with van der Waals surface area (Å²) in [7, 11) is 0.804. The molecule has 0 aromatic heterocycles. The van der Waals surface area contributed by atoms with Gasteiger partial charge in [-0.1, -0.05) is 0 Å². The molecule has 2 rings (SSSR count). The highest BCUT2D eigenvalue weighted by Crippen LogP contribution is 2.37. The van der Waals surface area contributed by atoms with Crippen molar-refractivity contribution in [1.29, 1.82) is 0 Å². The average molecular weight is 331 g/mol. The average Bonchev–Trinajstić information content (AvgIpc) is 2.48. The first-order valence-corrected chi connectivity index (χ1v) is 6.86. The summed E-state index contributed by atoms with van der Waals surface area (Å²) in [4.78, 5) is 0. The van der Waals surface area contributed by atoms with E-state index in [1.54, 1.807) is 6.07 Å². The summed E-state index contributed by atoms with van der Waals surface area (Å²) in [5.74, 6) is 0.164. The maximum atomic E-state index is 14.1. The van der Waals surface area contributed by atoms with Gasteiger partial charge >= 0.3 is 7.12 Å². The lowest BCUT2D eigenvalue weighted by Gasteiger charge is -2.32. The molecular formula is C13H17BBrFO3. The third kappa shape index (κ3) is 2.53. The monoisotopic (exact) mass is 330 g/mol. The highest BCUT2D eigenvalue weighted by Gasteiger charge is 2.52. The van der Waals surface area contributed by atoms with Gasteiger partial charge in [0.05, 0.1) is 22.8 Å². The van der Waals surface area contributed by atoms with Gasteiger partial charge in [-0.05, 0) is 55.8 Å². The summed E-state index contributed by atoms with van der Waals surface area (Å²) >= 11 is 3.25. The fourth-order valence-electron chi connectivity index (χ4n) is 1.85. The molecule has 0 amide bonds. The lowest BCUT2D eigenvalue weighted by atomic mass is 9.78. The van der Waals surface area contributed by atoms with Crippen LogP contribution >= 0.6 is 15.9 Å². The SMILES string of the molecule is COc1cc(B2OC(C)(C)C(C)(C)O2)c(F)cc1Br. The summed E-state index contributed by atoms with van der Waals surface area (Å²) in [5.41, 5.74) is -0.645. The number of ether oxygens (including phenoxy) is 1. The summed E-state index contributed by atoms with van der Waals surface area (Å²) < 4.78 is 31.5. The Bertz CT molecular complexity index is 489. The van der Waals surface area contributed by atoms with E-state index in [1.807, 2.05) is 27.7 Å². The zero-order chi connectivity index (χ0) is 14.4. The van der Waals surface area contributed by atoms with Crippen molar-refractivity contribution in [3.63, 3.8) is 0 Å². The van der Waals surface area contributed by atoms with Crippen LogP contribution in [0.25, 0.3) is 0 Å². The molecule has 0 N–H and O–H groups in total. The van der Waals surface area contributed by atoms with E-state index in [9.17, 15) is 4.39 Å². The molecule has 0 bridgehead atoms. The molecule has 1 fully saturated rings. The predicted molar refractivity (Wildman–Crippen MR) is 76.4 cm³/mol. The molecule has 1 saturated heterocycles. The highest BCUT2D eigenvalue weighted by molar-refractivity contribution is 9.10. The molecule has 1 aliphatic rings. The van der Waals surface area contributed by atoms with Crippen LogP contribution in [0.4, 0.5) is 4.39 Å². The summed E-state index contributed by atoms with van der Waals surface area (Å²) in [6, 6.07) is 2.96. The molecule has 0 radical (unpaired) electrons. The Labute approximate surface area is 121 Å². The van der Waals surface area contributed by atoms with Gasteiger partial charge in [-0.3, -0.25) is 0 Å². The normalized spacial score (nSPS) is 20.7. The Hall–Kier alpha value is -0.585. The predicted octanol–water partition coefficient (Wildman–Crippen LogP) is 2.90. The van der Waals surface area contributed by atoms with E-state index in [-0.39, 0.29) is 5.82 Å². The molecule has 0 atom stereocenters. The largest absolute Gasteiger partial charge is 0.497 e. The number of benzene rings is 1. The molecule has 3 nitrogen and oxygen atoms in total. The Morgan fingerprint density at radius 3 is 2.16 bits per heavy atom. The minimum absolute atomic E-state index is 0.346. The fourth-order valence-corrected chi connectivity index (χ4v) is 2.33. The van der Waals surface area contributed by atoms with Crippen LogP contribution in [0.1, 0.15) is 27.7 Å². The van der Waals surface area contributed by atoms with Gasteiger partial charge in [0.15, 0.2) is 0 Å². The van der Waals surface area contributed by atoms with Crippen LogP contribution in [-0.4, -0.2) is 25.4 Å². The number of methoxy groups -OCH3 is 1. The molecular weight excluding hydrogens is 314 g/mol. The molecule has 0 saturated carbocycles. The van der Waals surface area contributed by atoms with E-state index < -0.39 is 18.3 Å². The van der Waals surface area contributed by atoms with Crippen LogP contribution in [0.3, 0.4) is 0 Å². The number of hydrogen-bond acceptors (Lipinski definition) is 3. The molecule has 1 heterocycles. The van der Waals surface area contributed by atoms with Crippen LogP contribution in [0.5, 0.6) is 5.75 Å². The molecule has 1 aromatic rings. The third-order valence-corrected chi connectivity index (χ3v) is 4.40. The first-order chi connectivity index (χ1) is 8.68. The number of hydrogen-bond donors (Lipinski definition) is 0. The van der Waals surface area contributed by atoms with Crippen LogP contribution < -0.4 is 10.2 Å². The fraction of sp³-hybridized carbons (Fsp3) is 0.538. The van der Waals surface area contributed by atoms with E-state index in [2.05, 4.69) is 15.9 Å². The Morgan fingerprint density at radius 1 is 1.16 bits per heavy atom. The zero-order valence-electron chi connectivity index (χ0n) is 11.7. The summed E-state index contributed by atoms with van der Waals surface area (Å²) in [5, 5.41) is 0. The highest BCUT2D eigenvalue weighted by atomic mass is 79.9. The van der Waals surface area contributed by atoms with Crippen molar-refractivity contribution in [1.82, 2.24) is 0 Å². The van der Waals surface area contributed by atoms with E-state index >= 15 is 0 Å². The Balaban J connectivity index is 2.39. The quantitative estimate of drug-likeness (QED) is 0.780. The molecule has 6 heteroatoms. The molecule has 1 aliphatic heterocycles. The molecule has 0 unspecified atom stereocenters. The lowest BCUT2D eigenvalue weighted by Crippen LogP contribution is -2.41. The van der Waals surface area contributed by atoms with E-state index in [0.29, 0.717) is 15.7 Å². The van der Waals surface area contributed by atoms with Crippen LogP contribution in [0.15, 0.2) is 16.6 Å². The standard InChI is InChI=1S/C13H17BBrFO3/c1-12(2)13(3,4)19-14(18-12)8-6-11(17-5)9(15)7-10(8)16/h6-7H,1-5H3. The minimum Gasteiger partial charge on any atom is -0.496 e.